The fourth-order valence-corrected chi connectivity index (χ4v) is 2.86. The van der Waals surface area contributed by atoms with E-state index in [1.54, 1.807) is 0 Å². The van der Waals surface area contributed by atoms with Crippen LogP contribution in [0.5, 0.6) is 5.75 Å². The largest absolute Gasteiger partial charge is 0.494 e. The molecule has 0 spiro atoms. The second-order valence-corrected chi connectivity index (χ2v) is 6.13. The van der Waals surface area contributed by atoms with E-state index < -0.39 is 0 Å². The first kappa shape index (κ1) is 16.3. The SMILES string of the molecule is CCOc1cccc(CNCCCN2CCC(C)CC2)c1. The van der Waals surface area contributed by atoms with E-state index in [4.69, 9.17) is 4.74 Å². The summed E-state index contributed by atoms with van der Waals surface area (Å²) in [5.41, 5.74) is 1.30. The molecule has 118 valence electrons. The Morgan fingerprint density at radius 3 is 2.86 bits per heavy atom. The van der Waals surface area contributed by atoms with Crippen LogP contribution in [0.15, 0.2) is 24.3 Å². The van der Waals surface area contributed by atoms with Gasteiger partial charge in [-0.1, -0.05) is 19.1 Å². The Morgan fingerprint density at radius 2 is 2.10 bits per heavy atom. The molecule has 0 atom stereocenters. The molecule has 0 saturated carbocycles. The highest BCUT2D eigenvalue weighted by Crippen LogP contribution is 2.16. The lowest BCUT2D eigenvalue weighted by molar-refractivity contribution is 0.190. The Balaban J connectivity index is 1.58. The maximum absolute atomic E-state index is 5.53. The van der Waals surface area contributed by atoms with Crippen molar-refractivity contribution >= 4 is 0 Å². The standard InChI is InChI=1S/C18H30N2O/c1-3-21-18-7-4-6-17(14-18)15-19-10-5-11-20-12-8-16(2)9-13-20/h4,6-7,14,16,19H,3,5,8-13,15H2,1-2H3. The number of nitrogens with zero attached hydrogens (tertiary/aromatic N) is 1. The Hall–Kier alpha value is -1.06. The molecule has 0 bridgehead atoms. The van der Waals surface area contributed by atoms with E-state index >= 15 is 0 Å². The molecule has 0 amide bonds. The van der Waals surface area contributed by atoms with Crippen molar-refractivity contribution in [1.82, 2.24) is 10.2 Å². The third-order valence-electron chi connectivity index (χ3n) is 4.24. The van der Waals surface area contributed by atoms with Crippen molar-refractivity contribution < 1.29 is 4.74 Å². The van der Waals surface area contributed by atoms with E-state index in [1.807, 2.05) is 13.0 Å². The van der Waals surface area contributed by atoms with Gasteiger partial charge in [-0.3, -0.25) is 0 Å². The van der Waals surface area contributed by atoms with Crippen molar-refractivity contribution in [2.75, 3.05) is 32.8 Å². The number of hydrogen-bond donors (Lipinski definition) is 1. The van der Waals surface area contributed by atoms with Gasteiger partial charge in [-0.2, -0.15) is 0 Å². The van der Waals surface area contributed by atoms with Crippen molar-refractivity contribution in [3.05, 3.63) is 29.8 Å². The summed E-state index contributed by atoms with van der Waals surface area (Å²) in [6.07, 6.45) is 3.98. The number of likely N-dealkylation sites (tertiary alicyclic amines) is 1. The summed E-state index contributed by atoms with van der Waals surface area (Å²) in [6, 6.07) is 8.37. The first-order chi connectivity index (χ1) is 10.3. The lowest BCUT2D eigenvalue weighted by Gasteiger charge is -2.30. The predicted molar refractivity (Wildman–Crippen MR) is 88.8 cm³/mol. The van der Waals surface area contributed by atoms with Crippen LogP contribution >= 0.6 is 0 Å². The number of hydrogen-bond acceptors (Lipinski definition) is 3. The van der Waals surface area contributed by atoms with Gasteiger partial charge in [0, 0.05) is 6.54 Å². The van der Waals surface area contributed by atoms with Gasteiger partial charge in [0.05, 0.1) is 6.61 Å². The van der Waals surface area contributed by atoms with Crippen LogP contribution in [0.25, 0.3) is 0 Å². The molecule has 0 unspecified atom stereocenters. The number of rotatable bonds is 8. The second kappa shape index (κ2) is 9.06. The van der Waals surface area contributed by atoms with Crippen LogP contribution in [0.1, 0.15) is 38.7 Å². The van der Waals surface area contributed by atoms with Gasteiger partial charge < -0.3 is 15.0 Å². The molecule has 1 aliphatic heterocycles. The van der Waals surface area contributed by atoms with Gasteiger partial charge in [0.25, 0.3) is 0 Å². The Kier molecular flexibility index (Phi) is 7.04. The van der Waals surface area contributed by atoms with Crippen molar-refractivity contribution in [2.24, 2.45) is 5.92 Å². The fraction of sp³-hybridized carbons (Fsp3) is 0.667. The van der Waals surface area contributed by atoms with Crippen LogP contribution in [-0.4, -0.2) is 37.7 Å². The highest BCUT2D eigenvalue weighted by atomic mass is 16.5. The van der Waals surface area contributed by atoms with Crippen LogP contribution in [0, 0.1) is 5.92 Å². The summed E-state index contributed by atoms with van der Waals surface area (Å²) < 4.78 is 5.53. The van der Waals surface area contributed by atoms with Crippen LogP contribution in [-0.2, 0) is 6.54 Å². The van der Waals surface area contributed by atoms with Gasteiger partial charge >= 0.3 is 0 Å². The van der Waals surface area contributed by atoms with Gasteiger partial charge in [-0.15, -0.1) is 0 Å². The van der Waals surface area contributed by atoms with Crippen LogP contribution in [0.3, 0.4) is 0 Å². The van der Waals surface area contributed by atoms with Crippen molar-refractivity contribution in [3.8, 4) is 5.75 Å². The molecule has 1 aliphatic rings. The zero-order valence-electron chi connectivity index (χ0n) is 13.6. The van der Waals surface area contributed by atoms with Gasteiger partial charge in [0.1, 0.15) is 5.75 Å². The normalized spacial score (nSPS) is 17.0. The smallest absolute Gasteiger partial charge is 0.119 e. The van der Waals surface area contributed by atoms with E-state index in [1.165, 1.54) is 44.5 Å². The highest BCUT2D eigenvalue weighted by molar-refractivity contribution is 5.28. The minimum Gasteiger partial charge on any atom is -0.494 e. The van der Waals surface area contributed by atoms with Crippen molar-refractivity contribution in [1.29, 1.82) is 0 Å². The third kappa shape index (κ3) is 6.06. The first-order valence-electron chi connectivity index (χ1n) is 8.42. The molecule has 3 heteroatoms. The fourth-order valence-electron chi connectivity index (χ4n) is 2.86. The van der Waals surface area contributed by atoms with Crippen molar-refractivity contribution in [2.45, 2.75) is 39.7 Å². The van der Waals surface area contributed by atoms with Crippen molar-refractivity contribution in [3.63, 3.8) is 0 Å². The summed E-state index contributed by atoms with van der Waals surface area (Å²) in [5, 5.41) is 3.54. The topological polar surface area (TPSA) is 24.5 Å². The molecule has 1 fully saturated rings. The number of ether oxygens (including phenoxy) is 1. The Bertz CT molecular complexity index is 400. The summed E-state index contributed by atoms with van der Waals surface area (Å²) in [7, 11) is 0. The summed E-state index contributed by atoms with van der Waals surface area (Å²) in [5.74, 6) is 1.90. The molecule has 0 aromatic heterocycles. The Morgan fingerprint density at radius 1 is 1.29 bits per heavy atom. The summed E-state index contributed by atoms with van der Waals surface area (Å²) in [6.45, 7) is 10.9. The van der Waals surface area contributed by atoms with Crippen LogP contribution in [0.2, 0.25) is 0 Å². The lowest BCUT2D eigenvalue weighted by atomic mass is 9.99. The second-order valence-electron chi connectivity index (χ2n) is 6.13. The quantitative estimate of drug-likeness (QED) is 0.744. The van der Waals surface area contributed by atoms with Gasteiger partial charge in [-0.05, 0) is 76.0 Å². The average molecular weight is 290 g/mol. The Labute approximate surface area is 129 Å². The van der Waals surface area contributed by atoms with Crippen LogP contribution in [0.4, 0.5) is 0 Å². The van der Waals surface area contributed by atoms with Gasteiger partial charge in [-0.25, -0.2) is 0 Å². The maximum Gasteiger partial charge on any atom is 0.119 e. The van der Waals surface area contributed by atoms with E-state index in [2.05, 4.69) is 35.3 Å². The molecular weight excluding hydrogens is 260 g/mol. The molecule has 1 aromatic carbocycles. The van der Waals surface area contributed by atoms with Gasteiger partial charge in [0.2, 0.25) is 0 Å². The van der Waals surface area contributed by atoms with Gasteiger partial charge in [0.15, 0.2) is 0 Å². The zero-order chi connectivity index (χ0) is 14.9. The maximum atomic E-state index is 5.53. The third-order valence-corrected chi connectivity index (χ3v) is 4.24. The molecule has 1 saturated heterocycles. The summed E-state index contributed by atoms with van der Waals surface area (Å²) in [4.78, 5) is 2.61. The summed E-state index contributed by atoms with van der Waals surface area (Å²) >= 11 is 0. The highest BCUT2D eigenvalue weighted by Gasteiger charge is 2.14. The molecule has 1 heterocycles. The van der Waals surface area contributed by atoms with E-state index in [0.29, 0.717) is 0 Å². The lowest BCUT2D eigenvalue weighted by Crippen LogP contribution is -2.34. The number of benzene rings is 1. The van der Waals surface area contributed by atoms with E-state index in [-0.39, 0.29) is 0 Å². The molecular formula is C18H30N2O. The molecule has 1 N–H and O–H groups in total. The molecule has 3 nitrogen and oxygen atoms in total. The first-order valence-corrected chi connectivity index (χ1v) is 8.42. The van der Waals surface area contributed by atoms with E-state index in [9.17, 15) is 0 Å². The minimum absolute atomic E-state index is 0.728. The molecule has 1 aromatic rings. The zero-order valence-corrected chi connectivity index (χ0v) is 13.6. The average Bonchev–Trinajstić information content (AvgIpc) is 2.50. The number of piperidine rings is 1. The predicted octanol–water partition coefficient (Wildman–Crippen LogP) is 3.30. The molecule has 0 radical (unpaired) electrons. The van der Waals surface area contributed by atoms with E-state index in [0.717, 1.165) is 31.4 Å². The minimum atomic E-state index is 0.728. The van der Waals surface area contributed by atoms with Crippen LogP contribution < -0.4 is 10.1 Å². The molecule has 0 aliphatic carbocycles. The molecule has 2 rings (SSSR count). The molecule has 21 heavy (non-hydrogen) atoms. The monoisotopic (exact) mass is 290 g/mol. The number of nitrogens with one attached hydrogen (secondary N) is 1.